The molecule has 2 aromatic carbocycles. The van der Waals surface area contributed by atoms with E-state index in [2.05, 4.69) is 10.2 Å². The third-order valence-corrected chi connectivity index (χ3v) is 4.42. The van der Waals surface area contributed by atoms with Crippen LogP contribution in [0.4, 0.5) is 21.5 Å². The van der Waals surface area contributed by atoms with E-state index >= 15 is 0 Å². The molecule has 3 rings (SSSR count). The van der Waals surface area contributed by atoms with Gasteiger partial charge in [-0.05, 0) is 36.4 Å². The summed E-state index contributed by atoms with van der Waals surface area (Å²) >= 11 is 0. The average molecular weight is 368 g/mol. The van der Waals surface area contributed by atoms with Crippen molar-refractivity contribution in [1.29, 1.82) is 5.26 Å². The van der Waals surface area contributed by atoms with Crippen LogP contribution in [0.3, 0.4) is 0 Å². The molecule has 1 aliphatic rings. The Kier molecular flexibility index (Phi) is 5.89. The number of nitrogens with one attached hydrogen (secondary N) is 1. The Morgan fingerprint density at radius 2 is 1.96 bits per heavy atom. The van der Waals surface area contributed by atoms with Gasteiger partial charge in [0.25, 0.3) is 0 Å². The molecule has 1 saturated heterocycles. The Balaban J connectivity index is 1.61. The summed E-state index contributed by atoms with van der Waals surface area (Å²) in [5.74, 6) is -0.842. The monoisotopic (exact) mass is 368 g/mol. The van der Waals surface area contributed by atoms with Crippen molar-refractivity contribution in [3.05, 3.63) is 53.8 Å². The second-order valence-electron chi connectivity index (χ2n) is 6.30. The van der Waals surface area contributed by atoms with Gasteiger partial charge in [-0.1, -0.05) is 6.07 Å². The number of carbonyl (C=O) groups is 1. The molecule has 0 aromatic heterocycles. The Hall–Kier alpha value is -3.11. The number of likely N-dealkylation sites (N-methyl/N-ethyl adjacent to an activating group) is 1. The molecule has 1 heterocycles. The van der Waals surface area contributed by atoms with E-state index in [-0.39, 0.29) is 18.0 Å². The van der Waals surface area contributed by atoms with Crippen LogP contribution in [0.5, 0.6) is 0 Å². The minimum absolute atomic E-state index is 0.00332. The second kappa shape index (κ2) is 8.52. The summed E-state index contributed by atoms with van der Waals surface area (Å²) in [6, 6.07) is 13.8. The molecule has 27 heavy (non-hydrogen) atoms. The molecule has 0 bridgehead atoms. The summed E-state index contributed by atoms with van der Waals surface area (Å²) in [5.41, 5.74) is 2.09. The number of amides is 1. The Bertz CT molecular complexity index is 842. The highest BCUT2D eigenvalue weighted by molar-refractivity contribution is 5.94. The van der Waals surface area contributed by atoms with E-state index in [1.807, 2.05) is 30.3 Å². The van der Waals surface area contributed by atoms with Gasteiger partial charge < -0.3 is 19.9 Å². The molecule has 0 radical (unpaired) electrons. The van der Waals surface area contributed by atoms with Crippen LogP contribution in [0.15, 0.2) is 42.5 Å². The zero-order valence-electron chi connectivity index (χ0n) is 15.1. The summed E-state index contributed by atoms with van der Waals surface area (Å²) < 4.78 is 19.1. The summed E-state index contributed by atoms with van der Waals surface area (Å²) in [6.07, 6.45) is 0. The molecular weight excluding hydrogens is 347 g/mol. The highest BCUT2D eigenvalue weighted by Crippen LogP contribution is 2.22. The fraction of sp³-hybridized carbons (Fsp3) is 0.300. The Morgan fingerprint density at radius 1 is 1.26 bits per heavy atom. The maximum absolute atomic E-state index is 13.7. The fourth-order valence-electron chi connectivity index (χ4n) is 3.02. The van der Waals surface area contributed by atoms with Crippen molar-refractivity contribution in [1.82, 2.24) is 0 Å². The lowest BCUT2D eigenvalue weighted by Gasteiger charge is -2.29. The number of benzene rings is 2. The molecule has 1 fully saturated rings. The van der Waals surface area contributed by atoms with Gasteiger partial charge in [-0.2, -0.15) is 5.26 Å². The van der Waals surface area contributed by atoms with E-state index in [0.717, 1.165) is 32.0 Å². The molecule has 0 saturated carbocycles. The molecule has 0 aliphatic carbocycles. The summed E-state index contributed by atoms with van der Waals surface area (Å²) in [6.45, 7) is 3.14. The zero-order chi connectivity index (χ0) is 19.2. The second-order valence-corrected chi connectivity index (χ2v) is 6.30. The number of nitrogens with zero attached hydrogens (tertiary/aromatic N) is 3. The summed E-state index contributed by atoms with van der Waals surface area (Å²) in [5, 5.41) is 11.9. The van der Waals surface area contributed by atoms with E-state index in [1.54, 1.807) is 18.0 Å². The molecule has 0 atom stereocenters. The number of anilines is 3. The quantitative estimate of drug-likeness (QED) is 0.879. The summed E-state index contributed by atoms with van der Waals surface area (Å²) in [4.78, 5) is 16.1. The minimum Gasteiger partial charge on any atom is -0.378 e. The highest BCUT2D eigenvalue weighted by atomic mass is 19.1. The van der Waals surface area contributed by atoms with E-state index < -0.39 is 5.82 Å². The predicted molar refractivity (Wildman–Crippen MR) is 102 cm³/mol. The van der Waals surface area contributed by atoms with Gasteiger partial charge in [0.2, 0.25) is 5.91 Å². The lowest BCUT2D eigenvalue weighted by atomic mass is 10.1. The number of hydrogen-bond acceptors (Lipinski definition) is 5. The van der Waals surface area contributed by atoms with Gasteiger partial charge in [0.1, 0.15) is 17.4 Å². The van der Waals surface area contributed by atoms with Gasteiger partial charge in [-0.3, -0.25) is 4.79 Å². The van der Waals surface area contributed by atoms with E-state index in [4.69, 9.17) is 10.00 Å². The smallest absolute Gasteiger partial charge is 0.243 e. The lowest BCUT2D eigenvalue weighted by molar-refractivity contribution is -0.114. The fourth-order valence-corrected chi connectivity index (χ4v) is 3.02. The van der Waals surface area contributed by atoms with Gasteiger partial charge in [-0.25, -0.2) is 4.39 Å². The van der Waals surface area contributed by atoms with Gasteiger partial charge in [0.15, 0.2) is 0 Å². The molecule has 1 N–H and O–H groups in total. The molecule has 140 valence electrons. The molecule has 0 unspecified atom stereocenters. The van der Waals surface area contributed by atoms with Crippen LogP contribution in [0, 0.1) is 17.1 Å². The SMILES string of the molecule is CN(CC(=O)Nc1ccc(N2CCOCC2)cc1)c1cccc(F)c1C#N. The predicted octanol–water partition coefficient (Wildman–Crippen LogP) is 2.61. The molecule has 6 nitrogen and oxygen atoms in total. The first-order chi connectivity index (χ1) is 13.1. The van der Waals surface area contributed by atoms with Gasteiger partial charge in [0, 0.05) is 31.5 Å². The number of halogens is 1. The number of ether oxygens (including phenoxy) is 1. The maximum Gasteiger partial charge on any atom is 0.243 e. The highest BCUT2D eigenvalue weighted by Gasteiger charge is 2.15. The van der Waals surface area contributed by atoms with Crippen molar-refractivity contribution >= 4 is 23.0 Å². The lowest BCUT2D eigenvalue weighted by Crippen LogP contribution is -2.36. The molecule has 1 aliphatic heterocycles. The van der Waals surface area contributed by atoms with Crippen LogP contribution in [-0.2, 0) is 9.53 Å². The standard InChI is InChI=1S/C20H21FN4O2/c1-24(19-4-2-3-18(21)17(19)13-22)14-20(26)23-15-5-7-16(8-6-15)25-9-11-27-12-10-25/h2-8H,9-12,14H2,1H3,(H,23,26). The summed E-state index contributed by atoms with van der Waals surface area (Å²) in [7, 11) is 1.65. The van der Waals surface area contributed by atoms with Crippen LogP contribution in [0.2, 0.25) is 0 Å². The van der Waals surface area contributed by atoms with Gasteiger partial charge >= 0.3 is 0 Å². The van der Waals surface area contributed by atoms with Crippen molar-refractivity contribution in [2.45, 2.75) is 0 Å². The first-order valence-electron chi connectivity index (χ1n) is 8.71. The van der Waals surface area contributed by atoms with Crippen molar-refractivity contribution in [3.8, 4) is 6.07 Å². The number of carbonyl (C=O) groups excluding carboxylic acids is 1. The van der Waals surface area contributed by atoms with Gasteiger partial charge in [0.05, 0.1) is 25.4 Å². The number of nitriles is 1. The molecule has 0 spiro atoms. The van der Waals surface area contributed by atoms with Crippen LogP contribution < -0.4 is 15.1 Å². The van der Waals surface area contributed by atoms with Crippen molar-refractivity contribution in [2.24, 2.45) is 0 Å². The first-order valence-corrected chi connectivity index (χ1v) is 8.71. The number of morpholine rings is 1. The largest absolute Gasteiger partial charge is 0.378 e. The zero-order valence-corrected chi connectivity index (χ0v) is 15.1. The Morgan fingerprint density at radius 3 is 2.63 bits per heavy atom. The molecule has 1 amide bonds. The first kappa shape index (κ1) is 18.7. The third kappa shape index (κ3) is 4.54. The average Bonchev–Trinajstić information content (AvgIpc) is 2.69. The van der Waals surface area contributed by atoms with Crippen LogP contribution >= 0.6 is 0 Å². The molecule has 7 heteroatoms. The van der Waals surface area contributed by atoms with Crippen LogP contribution in [0.1, 0.15) is 5.56 Å². The normalized spacial score (nSPS) is 13.7. The maximum atomic E-state index is 13.7. The minimum atomic E-state index is -0.596. The number of rotatable bonds is 5. The van der Waals surface area contributed by atoms with Crippen molar-refractivity contribution in [3.63, 3.8) is 0 Å². The Labute approximate surface area is 157 Å². The number of hydrogen-bond donors (Lipinski definition) is 1. The van der Waals surface area contributed by atoms with E-state index in [9.17, 15) is 9.18 Å². The van der Waals surface area contributed by atoms with Crippen molar-refractivity contribution < 1.29 is 13.9 Å². The van der Waals surface area contributed by atoms with Gasteiger partial charge in [-0.15, -0.1) is 0 Å². The van der Waals surface area contributed by atoms with E-state index in [1.165, 1.54) is 12.1 Å². The molecule has 2 aromatic rings. The topological polar surface area (TPSA) is 68.6 Å². The van der Waals surface area contributed by atoms with E-state index in [0.29, 0.717) is 11.4 Å². The van der Waals surface area contributed by atoms with Crippen molar-refractivity contribution in [2.75, 3.05) is 55.0 Å². The van der Waals surface area contributed by atoms with Crippen LogP contribution in [0.25, 0.3) is 0 Å². The van der Waals surface area contributed by atoms with Crippen LogP contribution in [-0.4, -0.2) is 45.8 Å². The third-order valence-electron chi connectivity index (χ3n) is 4.42. The molecular formula is C20H21FN4O2.